The second-order valence-corrected chi connectivity index (χ2v) is 8.01. The molecule has 2 aromatic rings. The number of hydrogen-bond acceptors (Lipinski definition) is 6. The molecule has 1 aromatic heterocycles. The third-order valence-electron chi connectivity index (χ3n) is 5.22. The molecule has 1 amide bonds. The van der Waals surface area contributed by atoms with Gasteiger partial charge in [0.25, 0.3) is 5.91 Å². The van der Waals surface area contributed by atoms with Gasteiger partial charge in [-0.15, -0.1) is 11.3 Å². The summed E-state index contributed by atoms with van der Waals surface area (Å²) in [7, 11) is 0. The van der Waals surface area contributed by atoms with E-state index in [9.17, 15) is 14.7 Å². The summed E-state index contributed by atoms with van der Waals surface area (Å²) in [5.41, 5.74) is 0.878. The van der Waals surface area contributed by atoms with Gasteiger partial charge in [0.05, 0.1) is 29.2 Å². The maximum atomic E-state index is 13.2. The summed E-state index contributed by atoms with van der Waals surface area (Å²) in [5, 5.41) is 12.5. The monoisotopic (exact) mass is 413 g/mol. The number of aliphatic hydroxyl groups excluding tert-OH is 1. The first-order valence-corrected chi connectivity index (χ1v) is 10.6. The van der Waals surface area contributed by atoms with Crippen LogP contribution in [0.4, 0.5) is 0 Å². The molecule has 0 unspecified atom stereocenters. The molecule has 1 N–H and O–H groups in total. The van der Waals surface area contributed by atoms with Crippen LogP contribution in [-0.4, -0.2) is 47.6 Å². The second-order valence-electron chi connectivity index (χ2n) is 7.07. The molecule has 0 saturated carbocycles. The van der Waals surface area contributed by atoms with Gasteiger partial charge in [-0.3, -0.25) is 9.59 Å². The van der Waals surface area contributed by atoms with E-state index >= 15 is 0 Å². The van der Waals surface area contributed by atoms with Gasteiger partial charge in [0, 0.05) is 13.2 Å². The van der Waals surface area contributed by atoms with Crippen LogP contribution in [-0.2, 0) is 9.53 Å². The summed E-state index contributed by atoms with van der Waals surface area (Å²) in [6.45, 7) is 3.46. The number of amides is 1. The fraction of sp³-hybridized carbons (Fsp3) is 0.364. The summed E-state index contributed by atoms with van der Waals surface area (Å²) in [6.07, 6.45) is 1.71. The first-order chi connectivity index (χ1) is 14.1. The van der Waals surface area contributed by atoms with Crippen molar-refractivity contribution in [2.75, 3.05) is 19.8 Å². The number of aliphatic hydroxyl groups is 1. The van der Waals surface area contributed by atoms with E-state index < -0.39 is 17.7 Å². The van der Waals surface area contributed by atoms with Gasteiger partial charge in [0.1, 0.15) is 5.75 Å². The Balaban J connectivity index is 1.72. The van der Waals surface area contributed by atoms with Crippen molar-refractivity contribution in [1.29, 1.82) is 0 Å². The van der Waals surface area contributed by atoms with E-state index in [1.165, 1.54) is 11.3 Å². The number of carbonyl (C=O) groups excluding carboxylic acids is 2. The smallest absolute Gasteiger partial charge is 0.290 e. The van der Waals surface area contributed by atoms with Crippen LogP contribution >= 0.6 is 11.3 Å². The minimum atomic E-state index is -0.656. The number of rotatable bonds is 7. The van der Waals surface area contributed by atoms with Crippen LogP contribution in [0.15, 0.2) is 53.1 Å². The predicted molar refractivity (Wildman–Crippen MR) is 109 cm³/mol. The Bertz CT molecular complexity index is 913. The SMILES string of the molecule is CCOc1ccc([C@H]2C(C(=O)c3cccs3)=C(O)C(=O)N2C[C@@H]2CCCO2)cc1. The molecule has 3 heterocycles. The molecular weight excluding hydrogens is 390 g/mol. The van der Waals surface area contributed by atoms with E-state index in [0.29, 0.717) is 30.4 Å². The Hall–Kier alpha value is -2.64. The topological polar surface area (TPSA) is 76.1 Å². The van der Waals surface area contributed by atoms with Crippen LogP contribution in [0.3, 0.4) is 0 Å². The van der Waals surface area contributed by atoms with Crippen molar-refractivity contribution < 1.29 is 24.2 Å². The van der Waals surface area contributed by atoms with Crippen molar-refractivity contribution in [3.05, 3.63) is 63.6 Å². The zero-order chi connectivity index (χ0) is 20.4. The summed E-state index contributed by atoms with van der Waals surface area (Å²) in [6, 6.07) is 10.1. The molecule has 6 nitrogen and oxygen atoms in total. The van der Waals surface area contributed by atoms with Gasteiger partial charge in [-0.1, -0.05) is 18.2 Å². The van der Waals surface area contributed by atoms with Crippen LogP contribution in [0.1, 0.15) is 41.0 Å². The molecule has 1 aromatic carbocycles. The molecule has 29 heavy (non-hydrogen) atoms. The molecule has 2 aliphatic rings. The van der Waals surface area contributed by atoms with E-state index in [-0.39, 0.29) is 17.5 Å². The van der Waals surface area contributed by atoms with Crippen LogP contribution in [0.5, 0.6) is 5.75 Å². The number of hydrogen-bond donors (Lipinski definition) is 1. The summed E-state index contributed by atoms with van der Waals surface area (Å²) in [4.78, 5) is 28.1. The molecule has 0 spiro atoms. The number of benzene rings is 1. The van der Waals surface area contributed by atoms with E-state index in [1.54, 1.807) is 22.4 Å². The Morgan fingerprint density at radius 2 is 2.10 bits per heavy atom. The van der Waals surface area contributed by atoms with Crippen molar-refractivity contribution in [3.63, 3.8) is 0 Å². The molecular formula is C22H23NO5S. The molecule has 0 radical (unpaired) electrons. The number of ketones is 1. The number of nitrogens with zero attached hydrogens (tertiary/aromatic N) is 1. The summed E-state index contributed by atoms with van der Waals surface area (Å²) >= 11 is 1.29. The van der Waals surface area contributed by atoms with Crippen molar-refractivity contribution in [1.82, 2.24) is 4.90 Å². The molecule has 0 bridgehead atoms. The van der Waals surface area contributed by atoms with Crippen LogP contribution < -0.4 is 4.74 Å². The van der Waals surface area contributed by atoms with Crippen molar-refractivity contribution in [2.45, 2.75) is 31.9 Å². The van der Waals surface area contributed by atoms with Gasteiger partial charge in [-0.2, -0.15) is 0 Å². The third kappa shape index (κ3) is 3.80. The molecule has 7 heteroatoms. The zero-order valence-corrected chi connectivity index (χ0v) is 17.0. The highest BCUT2D eigenvalue weighted by atomic mass is 32.1. The number of ether oxygens (including phenoxy) is 2. The fourth-order valence-corrected chi connectivity index (χ4v) is 4.56. The highest BCUT2D eigenvalue weighted by Crippen LogP contribution is 2.40. The van der Waals surface area contributed by atoms with E-state index in [0.717, 1.165) is 18.4 Å². The van der Waals surface area contributed by atoms with Crippen LogP contribution in [0, 0.1) is 0 Å². The van der Waals surface area contributed by atoms with Gasteiger partial charge >= 0.3 is 0 Å². The Morgan fingerprint density at radius 3 is 2.72 bits per heavy atom. The minimum absolute atomic E-state index is 0.0897. The minimum Gasteiger partial charge on any atom is -0.503 e. The first kappa shape index (κ1) is 19.7. The third-order valence-corrected chi connectivity index (χ3v) is 6.09. The molecule has 4 rings (SSSR count). The molecule has 0 aliphatic carbocycles. The lowest BCUT2D eigenvalue weighted by atomic mass is 9.95. The maximum Gasteiger partial charge on any atom is 0.290 e. The van der Waals surface area contributed by atoms with E-state index in [2.05, 4.69) is 0 Å². The quantitative estimate of drug-likeness (QED) is 0.697. The highest BCUT2D eigenvalue weighted by Gasteiger charge is 2.45. The molecule has 1 saturated heterocycles. The highest BCUT2D eigenvalue weighted by molar-refractivity contribution is 7.12. The van der Waals surface area contributed by atoms with Crippen LogP contribution in [0.25, 0.3) is 0 Å². The van der Waals surface area contributed by atoms with Gasteiger partial charge in [0.2, 0.25) is 5.78 Å². The largest absolute Gasteiger partial charge is 0.503 e. The van der Waals surface area contributed by atoms with E-state index in [4.69, 9.17) is 9.47 Å². The Labute approximate surface area is 173 Å². The van der Waals surface area contributed by atoms with Crippen molar-refractivity contribution >= 4 is 23.0 Å². The summed E-state index contributed by atoms with van der Waals surface area (Å²) in [5.74, 6) is -0.607. The fourth-order valence-electron chi connectivity index (χ4n) is 3.88. The molecule has 2 atom stereocenters. The van der Waals surface area contributed by atoms with Gasteiger partial charge in [-0.05, 0) is 48.9 Å². The average Bonchev–Trinajstić information content (AvgIpc) is 3.47. The average molecular weight is 413 g/mol. The number of carbonyl (C=O) groups is 2. The second kappa shape index (κ2) is 8.39. The molecule has 1 fully saturated rings. The lowest BCUT2D eigenvalue weighted by Crippen LogP contribution is -2.37. The van der Waals surface area contributed by atoms with Gasteiger partial charge in [0.15, 0.2) is 5.76 Å². The maximum absolute atomic E-state index is 13.2. The summed E-state index contributed by atoms with van der Waals surface area (Å²) < 4.78 is 11.2. The predicted octanol–water partition coefficient (Wildman–Crippen LogP) is 3.90. The Morgan fingerprint density at radius 1 is 1.31 bits per heavy atom. The Kier molecular flexibility index (Phi) is 5.69. The van der Waals surface area contributed by atoms with Gasteiger partial charge < -0.3 is 19.5 Å². The number of Topliss-reactive ketones (excluding diaryl/α,β-unsaturated/α-hetero) is 1. The van der Waals surface area contributed by atoms with Crippen molar-refractivity contribution in [3.8, 4) is 5.75 Å². The van der Waals surface area contributed by atoms with Crippen molar-refractivity contribution in [2.24, 2.45) is 0 Å². The van der Waals surface area contributed by atoms with E-state index in [1.807, 2.05) is 31.2 Å². The first-order valence-electron chi connectivity index (χ1n) is 9.76. The van der Waals surface area contributed by atoms with Crippen LogP contribution in [0.2, 0.25) is 0 Å². The molecule has 2 aliphatic heterocycles. The zero-order valence-electron chi connectivity index (χ0n) is 16.2. The lowest BCUT2D eigenvalue weighted by Gasteiger charge is -2.29. The standard InChI is InChI=1S/C22H23NO5S/c1-2-27-15-9-7-14(8-10-15)19-18(20(24)17-6-4-12-29-17)21(25)22(26)23(19)13-16-5-3-11-28-16/h4,6-10,12,16,19,25H,2-3,5,11,13H2,1H3/t16-,19-/m0/s1. The molecule has 152 valence electrons. The lowest BCUT2D eigenvalue weighted by molar-refractivity contribution is -0.131. The van der Waals surface area contributed by atoms with Gasteiger partial charge in [-0.25, -0.2) is 0 Å². The number of thiophene rings is 1. The normalized spacial score (nSPS) is 21.8.